The van der Waals surface area contributed by atoms with Crippen LogP contribution in [0.1, 0.15) is 61.6 Å². The van der Waals surface area contributed by atoms with Crippen LogP contribution in [0, 0.1) is 0 Å². The fourth-order valence-corrected chi connectivity index (χ4v) is 3.24. The smallest absolute Gasteiger partial charge is 0.157 e. The van der Waals surface area contributed by atoms with Gasteiger partial charge in [-0.1, -0.05) is 0 Å². The number of nitrogens with zero attached hydrogens (tertiary/aromatic N) is 3. The maximum absolute atomic E-state index is 11.2. The minimum absolute atomic E-state index is 0.139. The van der Waals surface area contributed by atoms with Gasteiger partial charge in [0, 0.05) is 12.2 Å². The summed E-state index contributed by atoms with van der Waals surface area (Å²) in [5.74, 6) is 0.146. The molecule has 0 aromatic carbocycles. The first-order valence-corrected chi connectivity index (χ1v) is 8.61. The molecule has 1 aliphatic rings. The quantitative estimate of drug-likeness (QED) is 0.809. The highest BCUT2D eigenvalue weighted by Gasteiger charge is 2.20. The van der Waals surface area contributed by atoms with E-state index in [2.05, 4.69) is 23.9 Å². The van der Waals surface area contributed by atoms with Gasteiger partial charge in [-0.15, -0.1) is 0 Å². The summed E-state index contributed by atoms with van der Waals surface area (Å²) < 4.78 is 7.87. The molecule has 1 N–H and O–H groups in total. The molecule has 0 bridgehead atoms. The number of aldehydes is 1. The van der Waals surface area contributed by atoms with Crippen LogP contribution in [-0.2, 0) is 0 Å². The molecule has 6 heteroatoms. The Kier molecular flexibility index (Phi) is 5.16. The van der Waals surface area contributed by atoms with Gasteiger partial charge in [0.25, 0.3) is 0 Å². The Morgan fingerprint density at radius 3 is 2.88 bits per heavy atom. The van der Waals surface area contributed by atoms with Crippen molar-refractivity contribution < 1.29 is 14.6 Å². The van der Waals surface area contributed by atoms with Crippen LogP contribution in [-0.4, -0.2) is 32.8 Å². The van der Waals surface area contributed by atoms with Crippen molar-refractivity contribution in [1.29, 1.82) is 0 Å². The Hall–Kier alpha value is -2.63. The van der Waals surface area contributed by atoms with Crippen LogP contribution in [0.2, 0.25) is 0 Å². The normalized spacial score (nSPS) is 14.8. The number of aromatic hydroxyl groups is 1. The van der Waals surface area contributed by atoms with Gasteiger partial charge in [0.15, 0.2) is 12.0 Å². The van der Waals surface area contributed by atoms with Gasteiger partial charge in [-0.05, 0) is 56.7 Å². The van der Waals surface area contributed by atoms with Gasteiger partial charge in [0.1, 0.15) is 17.9 Å². The van der Waals surface area contributed by atoms with E-state index in [0.29, 0.717) is 24.7 Å². The van der Waals surface area contributed by atoms with E-state index in [-0.39, 0.29) is 11.3 Å². The number of aromatic nitrogens is 3. The summed E-state index contributed by atoms with van der Waals surface area (Å²) >= 11 is 0. The van der Waals surface area contributed by atoms with E-state index in [1.165, 1.54) is 23.5 Å². The number of pyridine rings is 1. The van der Waals surface area contributed by atoms with Crippen molar-refractivity contribution in [3.05, 3.63) is 41.5 Å². The van der Waals surface area contributed by atoms with E-state index in [1.54, 1.807) is 0 Å². The number of rotatable bonds is 6. The molecule has 0 aliphatic heterocycles. The SMILES string of the molecule is CC(C)n1nccc1C1=C(COc2cncc(O)c2C=O)CCCC1. The van der Waals surface area contributed by atoms with Crippen LogP contribution in [0.25, 0.3) is 5.57 Å². The van der Waals surface area contributed by atoms with Crippen molar-refractivity contribution in [2.75, 3.05) is 6.61 Å². The lowest BCUT2D eigenvalue weighted by Crippen LogP contribution is -2.13. The van der Waals surface area contributed by atoms with Gasteiger partial charge < -0.3 is 9.84 Å². The van der Waals surface area contributed by atoms with Gasteiger partial charge in [0.05, 0.1) is 18.1 Å². The van der Waals surface area contributed by atoms with Crippen LogP contribution in [0.4, 0.5) is 0 Å². The third-order valence-corrected chi connectivity index (χ3v) is 4.50. The zero-order valence-electron chi connectivity index (χ0n) is 14.6. The number of hydrogen-bond acceptors (Lipinski definition) is 5. The summed E-state index contributed by atoms with van der Waals surface area (Å²) in [6.45, 7) is 4.61. The molecule has 0 spiro atoms. The number of allylic oxidation sites excluding steroid dienone is 1. The molecule has 0 atom stereocenters. The highest BCUT2D eigenvalue weighted by molar-refractivity contribution is 5.82. The van der Waals surface area contributed by atoms with Gasteiger partial charge >= 0.3 is 0 Å². The van der Waals surface area contributed by atoms with E-state index < -0.39 is 0 Å². The topological polar surface area (TPSA) is 77.2 Å². The lowest BCUT2D eigenvalue weighted by Gasteiger charge is -2.23. The van der Waals surface area contributed by atoms with Crippen molar-refractivity contribution in [1.82, 2.24) is 14.8 Å². The first-order valence-electron chi connectivity index (χ1n) is 8.61. The van der Waals surface area contributed by atoms with Gasteiger partial charge in [-0.3, -0.25) is 14.5 Å². The molecular formula is C19H23N3O3. The van der Waals surface area contributed by atoms with Crippen molar-refractivity contribution in [3.63, 3.8) is 0 Å². The van der Waals surface area contributed by atoms with E-state index in [4.69, 9.17) is 4.74 Å². The average Bonchev–Trinajstić information content (AvgIpc) is 3.10. The molecule has 6 nitrogen and oxygen atoms in total. The van der Waals surface area contributed by atoms with Gasteiger partial charge in [-0.25, -0.2) is 0 Å². The fourth-order valence-electron chi connectivity index (χ4n) is 3.24. The molecule has 0 amide bonds. The van der Waals surface area contributed by atoms with Crippen LogP contribution >= 0.6 is 0 Å². The highest BCUT2D eigenvalue weighted by atomic mass is 16.5. The molecule has 2 aromatic rings. The molecule has 0 fully saturated rings. The zero-order chi connectivity index (χ0) is 17.8. The van der Waals surface area contributed by atoms with Crippen molar-refractivity contribution in [3.8, 4) is 11.5 Å². The second kappa shape index (κ2) is 7.51. The zero-order valence-corrected chi connectivity index (χ0v) is 14.6. The molecule has 1 aliphatic carbocycles. The van der Waals surface area contributed by atoms with Crippen LogP contribution < -0.4 is 4.74 Å². The Balaban J connectivity index is 1.89. The minimum atomic E-state index is -0.164. The first-order chi connectivity index (χ1) is 12.1. The molecule has 0 unspecified atom stereocenters. The van der Waals surface area contributed by atoms with Crippen molar-refractivity contribution in [2.24, 2.45) is 0 Å². The lowest BCUT2D eigenvalue weighted by molar-refractivity contribution is 0.111. The minimum Gasteiger partial charge on any atom is -0.505 e. The van der Waals surface area contributed by atoms with Crippen LogP contribution in [0.3, 0.4) is 0 Å². The third-order valence-electron chi connectivity index (χ3n) is 4.50. The van der Waals surface area contributed by atoms with E-state index in [9.17, 15) is 9.90 Å². The molecular weight excluding hydrogens is 318 g/mol. The average molecular weight is 341 g/mol. The molecule has 132 valence electrons. The van der Waals surface area contributed by atoms with Gasteiger partial charge in [0.2, 0.25) is 0 Å². The second-order valence-electron chi connectivity index (χ2n) is 6.52. The Bertz CT molecular complexity index is 793. The molecule has 2 aromatic heterocycles. The molecule has 25 heavy (non-hydrogen) atoms. The molecule has 3 rings (SSSR count). The van der Waals surface area contributed by atoms with Crippen molar-refractivity contribution >= 4 is 11.9 Å². The predicted octanol–water partition coefficient (Wildman–Crippen LogP) is 3.78. The largest absolute Gasteiger partial charge is 0.505 e. The maximum Gasteiger partial charge on any atom is 0.157 e. The summed E-state index contributed by atoms with van der Waals surface area (Å²) in [4.78, 5) is 15.1. The fraction of sp³-hybridized carbons (Fsp3) is 0.421. The third kappa shape index (κ3) is 3.57. The number of ether oxygens (including phenoxy) is 1. The first kappa shape index (κ1) is 17.2. The summed E-state index contributed by atoms with van der Waals surface area (Å²) in [5.41, 5.74) is 3.77. The Morgan fingerprint density at radius 1 is 1.32 bits per heavy atom. The Morgan fingerprint density at radius 2 is 2.12 bits per heavy atom. The number of hydrogen-bond donors (Lipinski definition) is 1. The highest BCUT2D eigenvalue weighted by Crippen LogP contribution is 2.34. The number of carbonyl (C=O) groups is 1. The molecule has 0 radical (unpaired) electrons. The van der Waals surface area contributed by atoms with E-state index in [0.717, 1.165) is 31.4 Å². The summed E-state index contributed by atoms with van der Waals surface area (Å²) in [6, 6.07) is 2.34. The summed E-state index contributed by atoms with van der Waals surface area (Å²) in [5, 5.41) is 14.2. The lowest BCUT2D eigenvalue weighted by atomic mass is 9.90. The van der Waals surface area contributed by atoms with E-state index in [1.807, 2.05) is 16.9 Å². The van der Waals surface area contributed by atoms with E-state index >= 15 is 0 Å². The van der Waals surface area contributed by atoms with Crippen LogP contribution in [0.5, 0.6) is 11.5 Å². The summed E-state index contributed by atoms with van der Waals surface area (Å²) in [6.07, 6.45) is 9.35. The molecule has 2 heterocycles. The standard InChI is InChI=1S/C19H23N3O3/c1-13(2)22-17(7-8-21-22)15-6-4-3-5-14(15)12-25-19-10-20-9-18(24)16(19)11-23/h7-11,13,24H,3-6,12H2,1-2H3. The van der Waals surface area contributed by atoms with Crippen LogP contribution in [0.15, 0.2) is 30.2 Å². The maximum atomic E-state index is 11.2. The molecule has 0 saturated carbocycles. The Labute approximate surface area is 147 Å². The number of carbonyl (C=O) groups excluding carboxylic acids is 1. The summed E-state index contributed by atoms with van der Waals surface area (Å²) in [7, 11) is 0. The van der Waals surface area contributed by atoms with Gasteiger partial charge in [-0.2, -0.15) is 5.10 Å². The molecule has 0 saturated heterocycles. The monoisotopic (exact) mass is 341 g/mol. The van der Waals surface area contributed by atoms with Crippen molar-refractivity contribution in [2.45, 2.75) is 45.6 Å². The second-order valence-corrected chi connectivity index (χ2v) is 6.52. The predicted molar refractivity (Wildman–Crippen MR) is 94.8 cm³/mol.